The van der Waals surface area contributed by atoms with Crippen molar-refractivity contribution in [2.45, 2.75) is 13.5 Å². The van der Waals surface area contributed by atoms with Gasteiger partial charge >= 0.3 is 0 Å². The van der Waals surface area contributed by atoms with Crippen LogP contribution in [0.25, 0.3) is 0 Å². The third-order valence-electron chi connectivity index (χ3n) is 3.54. The largest absolute Gasteiger partial charge is 0.493 e. The van der Waals surface area contributed by atoms with Gasteiger partial charge in [0.1, 0.15) is 6.61 Å². The van der Waals surface area contributed by atoms with Gasteiger partial charge in [-0.15, -0.1) is 6.58 Å². The maximum Gasteiger partial charge on any atom is 0.187 e. The van der Waals surface area contributed by atoms with Crippen LogP contribution in [0.1, 0.15) is 16.7 Å². The molecular formula is C20H22IN3O2S. The number of hydrogen-bond acceptors (Lipinski definition) is 4. The molecule has 0 aromatic heterocycles. The molecule has 7 heteroatoms. The minimum absolute atomic E-state index is 0.436. The Kier molecular flexibility index (Phi) is 8.53. The lowest BCUT2D eigenvalue weighted by molar-refractivity contribution is 0.282. The lowest BCUT2D eigenvalue weighted by Gasteiger charge is -2.14. The van der Waals surface area contributed by atoms with Gasteiger partial charge in [-0.3, -0.25) is 5.43 Å². The van der Waals surface area contributed by atoms with Crippen molar-refractivity contribution in [1.29, 1.82) is 0 Å². The molecule has 0 amide bonds. The van der Waals surface area contributed by atoms with Crippen LogP contribution in [0.5, 0.6) is 11.5 Å². The number of hydrazone groups is 1. The van der Waals surface area contributed by atoms with Gasteiger partial charge in [-0.05, 0) is 65.0 Å². The van der Waals surface area contributed by atoms with Gasteiger partial charge in [0.25, 0.3) is 0 Å². The van der Waals surface area contributed by atoms with Gasteiger partial charge in [0.2, 0.25) is 0 Å². The molecule has 0 heterocycles. The van der Waals surface area contributed by atoms with Gasteiger partial charge in [0, 0.05) is 6.54 Å². The fourth-order valence-corrected chi connectivity index (χ4v) is 3.08. The third kappa shape index (κ3) is 6.84. The summed E-state index contributed by atoms with van der Waals surface area (Å²) < 4.78 is 12.4. The Bertz CT molecular complexity index is 823. The number of rotatable bonds is 8. The molecule has 0 unspecified atom stereocenters. The SMILES string of the molecule is C=CCNC(=S)N/N=C/c1cc(I)c(OCc2ccc(C)cc2)c(OC)c1. The van der Waals surface area contributed by atoms with Crippen LogP contribution in [0.4, 0.5) is 0 Å². The molecule has 2 aromatic rings. The quantitative estimate of drug-likeness (QED) is 0.189. The lowest BCUT2D eigenvalue weighted by atomic mass is 10.2. The fraction of sp³-hybridized carbons (Fsp3) is 0.200. The third-order valence-corrected chi connectivity index (χ3v) is 4.58. The number of ether oxygens (including phenoxy) is 2. The van der Waals surface area contributed by atoms with E-state index in [2.05, 4.69) is 76.2 Å². The van der Waals surface area contributed by atoms with Crippen LogP contribution in [0.2, 0.25) is 0 Å². The highest BCUT2D eigenvalue weighted by Crippen LogP contribution is 2.34. The van der Waals surface area contributed by atoms with Crippen molar-refractivity contribution in [3.05, 3.63) is 69.3 Å². The van der Waals surface area contributed by atoms with Gasteiger partial charge in [0.05, 0.1) is 16.9 Å². The van der Waals surface area contributed by atoms with Crippen molar-refractivity contribution < 1.29 is 9.47 Å². The van der Waals surface area contributed by atoms with Gasteiger partial charge < -0.3 is 14.8 Å². The average Bonchev–Trinajstić information content (AvgIpc) is 2.66. The number of halogens is 1. The highest BCUT2D eigenvalue weighted by Gasteiger charge is 2.11. The molecule has 0 bridgehead atoms. The molecule has 0 aliphatic heterocycles. The summed E-state index contributed by atoms with van der Waals surface area (Å²) in [5, 5.41) is 7.51. The van der Waals surface area contributed by atoms with Crippen molar-refractivity contribution in [3.8, 4) is 11.5 Å². The van der Waals surface area contributed by atoms with E-state index >= 15 is 0 Å². The molecule has 0 fully saturated rings. The van der Waals surface area contributed by atoms with E-state index in [1.165, 1.54) is 5.56 Å². The van der Waals surface area contributed by atoms with Crippen LogP contribution in [-0.4, -0.2) is 25.0 Å². The van der Waals surface area contributed by atoms with Crippen molar-refractivity contribution >= 4 is 46.1 Å². The first-order valence-electron chi connectivity index (χ1n) is 8.27. The number of methoxy groups -OCH3 is 1. The summed E-state index contributed by atoms with van der Waals surface area (Å²) in [5.41, 5.74) is 5.96. The van der Waals surface area contributed by atoms with Gasteiger partial charge in [-0.25, -0.2) is 0 Å². The molecule has 0 saturated heterocycles. The maximum atomic E-state index is 5.99. The second-order valence-corrected chi connectivity index (χ2v) is 7.25. The van der Waals surface area contributed by atoms with Crippen molar-refractivity contribution in [2.75, 3.05) is 13.7 Å². The molecule has 5 nitrogen and oxygen atoms in total. The first-order chi connectivity index (χ1) is 13.0. The van der Waals surface area contributed by atoms with Crippen LogP contribution >= 0.6 is 34.8 Å². The van der Waals surface area contributed by atoms with E-state index in [-0.39, 0.29) is 0 Å². The van der Waals surface area contributed by atoms with Gasteiger partial charge in [-0.1, -0.05) is 35.9 Å². The Morgan fingerprint density at radius 2 is 2.04 bits per heavy atom. The van der Waals surface area contributed by atoms with E-state index < -0.39 is 0 Å². The predicted octanol–water partition coefficient (Wildman–Crippen LogP) is 4.17. The van der Waals surface area contributed by atoms with Crippen LogP contribution in [-0.2, 0) is 6.61 Å². The summed E-state index contributed by atoms with van der Waals surface area (Å²) in [7, 11) is 1.62. The molecule has 2 aromatic carbocycles. The predicted molar refractivity (Wildman–Crippen MR) is 123 cm³/mol. The zero-order valence-corrected chi connectivity index (χ0v) is 18.3. The van der Waals surface area contributed by atoms with Crippen LogP contribution < -0.4 is 20.2 Å². The number of nitrogens with one attached hydrogen (secondary N) is 2. The minimum atomic E-state index is 0.436. The van der Waals surface area contributed by atoms with Crippen LogP contribution in [0, 0.1) is 10.5 Å². The molecule has 2 N–H and O–H groups in total. The standard InChI is InChI=1S/C20H22IN3O2S/c1-4-9-22-20(27)24-23-12-16-10-17(21)19(18(11-16)25-3)26-13-15-7-5-14(2)6-8-15/h4-8,10-12H,1,9,13H2,2-3H3,(H2,22,24,27)/b23-12+. The highest BCUT2D eigenvalue weighted by molar-refractivity contribution is 14.1. The molecule has 142 valence electrons. The number of thiocarbonyl (C=S) groups is 1. The average molecular weight is 495 g/mol. The number of hydrogen-bond donors (Lipinski definition) is 2. The highest BCUT2D eigenvalue weighted by atomic mass is 127. The van der Waals surface area contributed by atoms with Crippen molar-refractivity contribution in [2.24, 2.45) is 5.10 Å². The molecule has 0 atom stereocenters. The Morgan fingerprint density at radius 3 is 2.70 bits per heavy atom. The second kappa shape index (κ2) is 10.9. The topological polar surface area (TPSA) is 54.9 Å². The molecule has 27 heavy (non-hydrogen) atoms. The van der Waals surface area contributed by atoms with E-state index in [9.17, 15) is 0 Å². The molecule has 0 aliphatic rings. The van der Waals surface area contributed by atoms with E-state index in [1.54, 1.807) is 19.4 Å². The first kappa shape index (κ1) is 21.2. The lowest BCUT2D eigenvalue weighted by Crippen LogP contribution is -2.31. The summed E-state index contributed by atoms with van der Waals surface area (Å²) in [6.45, 7) is 6.74. The summed E-state index contributed by atoms with van der Waals surface area (Å²) in [5.74, 6) is 1.37. The number of aryl methyl sites for hydroxylation is 1. The van der Waals surface area contributed by atoms with Crippen molar-refractivity contribution in [1.82, 2.24) is 10.7 Å². The van der Waals surface area contributed by atoms with E-state index in [0.29, 0.717) is 29.8 Å². The fourth-order valence-electron chi connectivity index (χ4n) is 2.16. The Labute approximate surface area is 179 Å². The second-order valence-electron chi connectivity index (χ2n) is 5.68. The molecule has 0 spiro atoms. The number of benzene rings is 2. The maximum absolute atomic E-state index is 5.99. The van der Waals surface area contributed by atoms with E-state index in [4.69, 9.17) is 21.7 Å². The normalized spacial score (nSPS) is 10.5. The van der Waals surface area contributed by atoms with Crippen LogP contribution in [0.15, 0.2) is 54.2 Å². The zero-order chi connectivity index (χ0) is 19.6. The molecular weight excluding hydrogens is 473 g/mol. The summed E-state index contributed by atoms with van der Waals surface area (Å²) >= 11 is 7.32. The van der Waals surface area contributed by atoms with Gasteiger partial charge in [-0.2, -0.15) is 5.10 Å². The first-order valence-corrected chi connectivity index (χ1v) is 9.76. The Balaban J connectivity index is 2.06. The minimum Gasteiger partial charge on any atom is -0.493 e. The smallest absolute Gasteiger partial charge is 0.187 e. The Hall–Kier alpha value is -2.13. The van der Waals surface area contributed by atoms with E-state index in [1.807, 2.05) is 12.1 Å². The van der Waals surface area contributed by atoms with Gasteiger partial charge in [0.15, 0.2) is 16.6 Å². The molecule has 0 radical (unpaired) electrons. The number of nitrogens with zero attached hydrogens (tertiary/aromatic N) is 1. The Morgan fingerprint density at radius 1 is 1.30 bits per heavy atom. The van der Waals surface area contributed by atoms with E-state index in [0.717, 1.165) is 14.7 Å². The van der Waals surface area contributed by atoms with Crippen molar-refractivity contribution in [3.63, 3.8) is 0 Å². The summed E-state index contributed by atoms with van der Waals surface area (Å²) in [4.78, 5) is 0. The molecule has 2 rings (SSSR count). The molecule has 0 saturated carbocycles. The summed E-state index contributed by atoms with van der Waals surface area (Å²) in [6, 6.07) is 12.1. The van der Waals surface area contributed by atoms with Crippen LogP contribution in [0.3, 0.4) is 0 Å². The summed E-state index contributed by atoms with van der Waals surface area (Å²) in [6.07, 6.45) is 3.40. The molecule has 0 aliphatic carbocycles. The zero-order valence-electron chi connectivity index (χ0n) is 15.3. The monoisotopic (exact) mass is 495 g/mol.